The summed E-state index contributed by atoms with van der Waals surface area (Å²) in [7, 11) is 0. The molecule has 1 aromatic heterocycles. The second-order valence-corrected chi connectivity index (χ2v) is 6.51. The lowest BCUT2D eigenvalue weighted by molar-refractivity contribution is 0.0220. The minimum Gasteiger partial charge on any atom is -0.389 e. The van der Waals surface area contributed by atoms with Crippen LogP contribution >= 0.6 is 0 Å². The van der Waals surface area contributed by atoms with E-state index in [1.165, 1.54) is 30.5 Å². The first-order chi connectivity index (χ1) is 9.77. The van der Waals surface area contributed by atoms with Crippen molar-refractivity contribution in [3.05, 3.63) is 29.6 Å². The minimum absolute atomic E-state index is 0.326. The maximum Gasteiger partial charge on any atom is 0.0771 e. The van der Waals surface area contributed by atoms with E-state index < -0.39 is 5.60 Å². The predicted molar refractivity (Wildman–Crippen MR) is 80.6 cm³/mol. The van der Waals surface area contributed by atoms with Crippen molar-refractivity contribution in [1.82, 2.24) is 10.3 Å². The van der Waals surface area contributed by atoms with Gasteiger partial charge in [-0.3, -0.25) is 4.98 Å². The fraction of sp³-hybridized carbons (Fsp3) is 0.706. The Morgan fingerprint density at radius 2 is 2.00 bits per heavy atom. The van der Waals surface area contributed by atoms with E-state index in [9.17, 15) is 5.11 Å². The van der Waals surface area contributed by atoms with Gasteiger partial charge in [0.05, 0.1) is 11.3 Å². The van der Waals surface area contributed by atoms with Crippen molar-refractivity contribution in [2.24, 2.45) is 0 Å². The number of fused-ring (bicyclic) bond motifs is 1. The topological polar surface area (TPSA) is 45.1 Å². The summed E-state index contributed by atoms with van der Waals surface area (Å²) < 4.78 is 0. The van der Waals surface area contributed by atoms with Gasteiger partial charge in [-0.15, -0.1) is 0 Å². The first-order valence-electron chi connectivity index (χ1n) is 8.16. The summed E-state index contributed by atoms with van der Waals surface area (Å²) in [6.45, 7) is 0.716. The summed E-state index contributed by atoms with van der Waals surface area (Å²) >= 11 is 0. The van der Waals surface area contributed by atoms with Gasteiger partial charge in [0.1, 0.15) is 0 Å². The van der Waals surface area contributed by atoms with Crippen molar-refractivity contribution >= 4 is 0 Å². The number of aromatic nitrogens is 1. The average Bonchev–Trinajstić information content (AvgIpc) is 2.70. The van der Waals surface area contributed by atoms with E-state index >= 15 is 0 Å². The van der Waals surface area contributed by atoms with Crippen LogP contribution in [0.4, 0.5) is 0 Å². The van der Waals surface area contributed by atoms with Crippen LogP contribution in [0.25, 0.3) is 0 Å². The van der Waals surface area contributed by atoms with Gasteiger partial charge < -0.3 is 10.4 Å². The van der Waals surface area contributed by atoms with Crippen LogP contribution in [0, 0.1) is 0 Å². The summed E-state index contributed by atoms with van der Waals surface area (Å²) in [5, 5.41) is 14.4. The van der Waals surface area contributed by atoms with Crippen molar-refractivity contribution in [3.8, 4) is 0 Å². The molecule has 1 atom stereocenters. The van der Waals surface area contributed by atoms with Gasteiger partial charge in [-0.25, -0.2) is 0 Å². The number of hydrogen-bond acceptors (Lipinski definition) is 3. The highest BCUT2D eigenvalue weighted by Crippen LogP contribution is 2.30. The fourth-order valence-corrected chi connectivity index (χ4v) is 3.68. The molecule has 2 aliphatic carbocycles. The molecule has 20 heavy (non-hydrogen) atoms. The molecular formula is C17H26N2O. The maximum absolute atomic E-state index is 10.7. The van der Waals surface area contributed by atoms with Crippen LogP contribution in [-0.4, -0.2) is 22.2 Å². The molecule has 1 aromatic rings. The van der Waals surface area contributed by atoms with E-state index in [0.29, 0.717) is 12.6 Å². The maximum atomic E-state index is 10.7. The zero-order chi connectivity index (χ0) is 13.8. The van der Waals surface area contributed by atoms with Gasteiger partial charge >= 0.3 is 0 Å². The molecule has 0 spiro atoms. The number of nitrogens with one attached hydrogen (secondary N) is 1. The van der Waals surface area contributed by atoms with E-state index in [-0.39, 0.29) is 0 Å². The van der Waals surface area contributed by atoms with Crippen molar-refractivity contribution in [2.45, 2.75) is 69.4 Å². The van der Waals surface area contributed by atoms with Gasteiger partial charge in [0.2, 0.25) is 0 Å². The zero-order valence-corrected chi connectivity index (χ0v) is 12.3. The van der Waals surface area contributed by atoms with Crippen LogP contribution in [0.1, 0.15) is 68.7 Å². The summed E-state index contributed by atoms with van der Waals surface area (Å²) in [4.78, 5) is 4.56. The van der Waals surface area contributed by atoms with Crippen LogP contribution in [0.5, 0.6) is 0 Å². The third-order valence-electron chi connectivity index (χ3n) is 4.91. The molecule has 0 bridgehead atoms. The predicted octanol–water partition coefficient (Wildman–Crippen LogP) is 3.13. The molecule has 1 unspecified atom stereocenters. The molecule has 0 aliphatic heterocycles. The van der Waals surface area contributed by atoms with E-state index in [2.05, 4.69) is 16.4 Å². The molecule has 3 nitrogen and oxygen atoms in total. The van der Waals surface area contributed by atoms with E-state index in [4.69, 9.17) is 0 Å². The molecule has 0 radical (unpaired) electrons. The third-order valence-corrected chi connectivity index (χ3v) is 4.91. The van der Waals surface area contributed by atoms with Gasteiger partial charge in [0.25, 0.3) is 0 Å². The Balaban J connectivity index is 1.64. The normalized spacial score (nSPS) is 25.8. The fourth-order valence-electron chi connectivity index (χ4n) is 3.68. The van der Waals surface area contributed by atoms with Crippen molar-refractivity contribution < 1.29 is 5.11 Å². The highest BCUT2D eigenvalue weighted by molar-refractivity contribution is 5.25. The Kier molecular flexibility index (Phi) is 4.37. The van der Waals surface area contributed by atoms with Crippen LogP contribution in [0.15, 0.2) is 18.3 Å². The van der Waals surface area contributed by atoms with Crippen molar-refractivity contribution in [3.63, 3.8) is 0 Å². The van der Waals surface area contributed by atoms with E-state index in [1.807, 2.05) is 12.3 Å². The molecule has 3 heteroatoms. The Bertz CT molecular complexity index is 438. The Hall–Kier alpha value is -0.930. The molecule has 3 rings (SSSR count). The number of pyridine rings is 1. The molecule has 0 aromatic carbocycles. The number of hydrogen-bond donors (Lipinski definition) is 2. The van der Waals surface area contributed by atoms with Gasteiger partial charge in [-0.05, 0) is 43.7 Å². The Morgan fingerprint density at radius 3 is 2.80 bits per heavy atom. The summed E-state index contributed by atoms with van der Waals surface area (Å²) in [5.74, 6) is 0. The summed E-state index contributed by atoms with van der Waals surface area (Å²) in [6.07, 6.45) is 12.2. The Morgan fingerprint density at radius 1 is 1.20 bits per heavy atom. The van der Waals surface area contributed by atoms with Crippen molar-refractivity contribution in [2.75, 3.05) is 6.54 Å². The molecule has 1 fully saturated rings. The molecule has 0 amide bonds. The van der Waals surface area contributed by atoms with Crippen molar-refractivity contribution in [1.29, 1.82) is 0 Å². The number of aryl methyl sites for hydroxylation is 1. The number of aliphatic hydroxyl groups is 1. The van der Waals surface area contributed by atoms with Gasteiger partial charge in [-0.1, -0.05) is 31.7 Å². The first-order valence-corrected chi connectivity index (χ1v) is 8.16. The van der Waals surface area contributed by atoms with Crippen LogP contribution < -0.4 is 5.32 Å². The van der Waals surface area contributed by atoms with Gasteiger partial charge in [0.15, 0.2) is 0 Å². The molecule has 110 valence electrons. The van der Waals surface area contributed by atoms with Crippen LogP contribution in [0.3, 0.4) is 0 Å². The summed E-state index contributed by atoms with van der Waals surface area (Å²) in [5.41, 5.74) is 2.09. The molecule has 2 aliphatic rings. The lowest BCUT2D eigenvalue weighted by atomic mass is 9.90. The second-order valence-electron chi connectivity index (χ2n) is 6.51. The zero-order valence-electron chi connectivity index (χ0n) is 12.3. The van der Waals surface area contributed by atoms with Gasteiger partial charge in [0, 0.05) is 18.8 Å². The SMILES string of the molecule is OC1(CNC2CCCc3cccnc32)CCCCCC1. The quantitative estimate of drug-likeness (QED) is 0.832. The number of nitrogens with zero attached hydrogens (tertiary/aromatic N) is 1. The lowest BCUT2D eigenvalue weighted by Gasteiger charge is -2.31. The molecule has 0 saturated heterocycles. The second kappa shape index (κ2) is 6.23. The molecule has 1 saturated carbocycles. The average molecular weight is 274 g/mol. The monoisotopic (exact) mass is 274 g/mol. The minimum atomic E-state index is -0.497. The first kappa shape index (κ1) is 14.0. The lowest BCUT2D eigenvalue weighted by Crippen LogP contribution is -2.42. The Labute approximate surface area is 121 Å². The van der Waals surface area contributed by atoms with Gasteiger partial charge in [-0.2, -0.15) is 0 Å². The highest BCUT2D eigenvalue weighted by atomic mass is 16.3. The highest BCUT2D eigenvalue weighted by Gasteiger charge is 2.30. The molecule has 1 heterocycles. The number of rotatable bonds is 3. The molecule has 2 N–H and O–H groups in total. The standard InChI is InChI=1S/C17H26N2O/c20-17(10-3-1-2-4-11-17)13-19-15-9-5-7-14-8-6-12-18-16(14)15/h6,8,12,15,19-20H,1-5,7,9-11,13H2. The smallest absolute Gasteiger partial charge is 0.0771 e. The van der Waals surface area contributed by atoms with Crippen LogP contribution in [0.2, 0.25) is 0 Å². The van der Waals surface area contributed by atoms with E-state index in [0.717, 1.165) is 38.5 Å². The third kappa shape index (κ3) is 3.21. The van der Waals surface area contributed by atoms with E-state index in [1.54, 1.807) is 0 Å². The largest absolute Gasteiger partial charge is 0.389 e. The summed E-state index contributed by atoms with van der Waals surface area (Å²) in [6, 6.07) is 4.54. The molecular weight excluding hydrogens is 248 g/mol. The van der Waals surface area contributed by atoms with Crippen LogP contribution in [-0.2, 0) is 6.42 Å².